The summed E-state index contributed by atoms with van der Waals surface area (Å²) in [4.78, 5) is 19.8. The van der Waals surface area contributed by atoms with Crippen LogP contribution in [0.5, 0.6) is 0 Å². The molecular formula is C106H128N12+4. The number of aryl methyl sites for hydroxylation is 15. The van der Waals surface area contributed by atoms with Crippen molar-refractivity contribution in [3.63, 3.8) is 0 Å². The molecule has 16 aromatic rings. The highest BCUT2D eigenvalue weighted by atomic mass is 15.2. The molecular weight excluding hydrogens is 1440 g/mol. The Morgan fingerprint density at radius 3 is 0.949 bits per heavy atom. The van der Waals surface area contributed by atoms with E-state index in [1.807, 2.05) is 12.4 Å². The number of benzene rings is 8. The van der Waals surface area contributed by atoms with Gasteiger partial charge in [-0.15, -0.1) is 0 Å². The van der Waals surface area contributed by atoms with E-state index in [4.69, 9.17) is 19.9 Å². The molecule has 8 aromatic carbocycles. The fourth-order valence-electron chi connectivity index (χ4n) is 17.4. The monoisotopic (exact) mass is 1570 g/mol. The third-order valence-electron chi connectivity index (χ3n) is 24.0. The van der Waals surface area contributed by atoms with Crippen molar-refractivity contribution in [2.45, 2.75) is 204 Å². The molecule has 0 saturated carbocycles. The van der Waals surface area contributed by atoms with Crippen LogP contribution in [0.25, 0.3) is 112 Å². The summed E-state index contributed by atoms with van der Waals surface area (Å²) in [6.45, 7) is 50.7. The van der Waals surface area contributed by atoms with E-state index in [-0.39, 0.29) is 14.9 Å². The number of pyridine rings is 4. The number of hydrogen-bond donors (Lipinski definition) is 0. The Hall–Kier alpha value is -11.8. The van der Waals surface area contributed by atoms with Gasteiger partial charge in [0.1, 0.15) is 44.8 Å². The predicted octanol–water partition coefficient (Wildman–Crippen LogP) is 24.7. The van der Waals surface area contributed by atoms with Crippen molar-refractivity contribution in [3.05, 3.63) is 307 Å². The van der Waals surface area contributed by atoms with Crippen molar-refractivity contribution >= 4 is 44.7 Å². The highest BCUT2D eigenvalue weighted by Crippen LogP contribution is 2.39. The highest BCUT2D eigenvalue weighted by Gasteiger charge is 2.30. The number of nitrogens with zero attached hydrogens (tertiary/aromatic N) is 12. The Balaban J connectivity index is 0.000000154. The molecule has 0 aliphatic carbocycles. The van der Waals surface area contributed by atoms with E-state index in [9.17, 15) is 0 Å². The number of aromatic nitrogens is 12. The first-order valence-electron chi connectivity index (χ1n) is 41.5. The molecule has 0 bridgehead atoms. The second-order valence-corrected chi connectivity index (χ2v) is 33.6. The van der Waals surface area contributed by atoms with E-state index in [0.717, 1.165) is 79.9 Å². The van der Waals surface area contributed by atoms with Crippen molar-refractivity contribution in [1.82, 2.24) is 38.2 Å². The zero-order valence-corrected chi connectivity index (χ0v) is 73.9. The van der Waals surface area contributed by atoms with Gasteiger partial charge in [-0.25, -0.2) is 18.3 Å². The molecule has 0 N–H and O–H groups in total. The zero-order chi connectivity index (χ0) is 83.3. The van der Waals surface area contributed by atoms with Gasteiger partial charge >= 0.3 is 22.6 Å². The lowest BCUT2D eigenvalue weighted by molar-refractivity contribution is -0.635. The molecule has 118 heavy (non-hydrogen) atoms. The maximum atomic E-state index is 5.08. The molecule has 0 atom stereocenters. The Bertz CT molecular complexity index is 6360. The topological polar surface area (TPSA) is 86.8 Å². The van der Waals surface area contributed by atoms with E-state index in [0.29, 0.717) is 23.7 Å². The van der Waals surface area contributed by atoms with Crippen molar-refractivity contribution in [2.24, 2.45) is 28.2 Å². The lowest BCUT2D eigenvalue weighted by Gasteiger charge is -2.21. The first-order valence-corrected chi connectivity index (χ1v) is 41.5. The Morgan fingerprint density at radius 1 is 0.305 bits per heavy atom. The van der Waals surface area contributed by atoms with Gasteiger partial charge in [-0.05, 0) is 291 Å². The highest BCUT2D eigenvalue weighted by molar-refractivity contribution is 5.80. The average molecular weight is 1570 g/mol. The lowest BCUT2D eigenvalue weighted by atomic mass is 9.92. The molecule has 0 fully saturated rings. The SMILES string of the molecule is C.C.CCc1nc2c(ccc(-c3cc(C)cc(C)c3C)[n+]2C)n1-c1ccccc1.Cc1cc(C)c(C)c(-c2ccc3c(nc(C)n3-c3c(C(C)C)cccc3C(C)C)[n+]2C)c1.Cc1cc(C)c(C)c(-c2ccc3c(nc(C)n3-c3ccccc3)[n+]2C)c1.Cc1cc(C)c(C)c(-c2ccc3c(ncn3-c3c(C(C)C)cccc3C(C)C)[n+]2C)c1. The molecule has 8 aromatic heterocycles. The zero-order valence-electron chi connectivity index (χ0n) is 73.9. The molecule has 0 spiro atoms. The van der Waals surface area contributed by atoms with Crippen LogP contribution in [0.1, 0.15) is 207 Å². The summed E-state index contributed by atoms with van der Waals surface area (Å²) >= 11 is 0. The van der Waals surface area contributed by atoms with Gasteiger partial charge in [-0.2, -0.15) is 0 Å². The molecule has 12 nitrogen and oxygen atoms in total. The van der Waals surface area contributed by atoms with E-state index in [1.54, 1.807) is 0 Å². The van der Waals surface area contributed by atoms with Crippen LogP contribution in [0.15, 0.2) is 200 Å². The number of fused-ring (bicyclic) bond motifs is 4. The van der Waals surface area contributed by atoms with Crippen LogP contribution >= 0.6 is 0 Å². The van der Waals surface area contributed by atoms with Crippen LogP contribution in [0.2, 0.25) is 0 Å². The maximum absolute atomic E-state index is 5.08. The summed E-state index contributed by atoms with van der Waals surface area (Å²) < 4.78 is 18.1. The largest absolute Gasteiger partial charge is 0.349 e. The first kappa shape index (κ1) is 87.1. The average Bonchev–Trinajstić information content (AvgIpc) is 1.59. The van der Waals surface area contributed by atoms with Crippen molar-refractivity contribution in [1.29, 1.82) is 0 Å². The number of rotatable bonds is 13. The van der Waals surface area contributed by atoms with Crippen LogP contribution in [0.3, 0.4) is 0 Å². The van der Waals surface area contributed by atoms with Gasteiger partial charge in [0, 0.05) is 53.9 Å². The van der Waals surface area contributed by atoms with Crippen LogP contribution in [0, 0.1) is 96.9 Å². The van der Waals surface area contributed by atoms with Gasteiger partial charge in [-0.1, -0.05) is 196 Å². The van der Waals surface area contributed by atoms with E-state index < -0.39 is 0 Å². The van der Waals surface area contributed by atoms with Gasteiger partial charge in [-0.3, -0.25) is 18.3 Å². The molecule has 0 aliphatic heterocycles. The van der Waals surface area contributed by atoms with Gasteiger partial charge in [0.15, 0.2) is 0 Å². The summed E-state index contributed by atoms with van der Waals surface area (Å²) in [7, 11) is 8.50. The van der Waals surface area contributed by atoms with Crippen LogP contribution in [-0.4, -0.2) is 38.2 Å². The normalized spacial score (nSPS) is 11.4. The molecule has 0 unspecified atom stereocenters. The maximum Gasteiger partial charge on any atom is 0.349 e. The predicted molar refractivity (Wildman–Crippen MR) is 496 cm³/mol. The van der Waals surface area contributed by atoms with Crippen molar-refractivity contribution in [2.75, 3.05) is 0 Å². The molecule has 12 heteroatoms. The Labute approximate surface area is 703 Å². The van der Waals surface area contributed by atoms with Gasteiger partial charge in [0.25, 0.3) is 0 Å². The molecule has 16 rings (SSSR count). The number of para-hydroxylation sites is 4. The second kappa shape index (κ2) is 35.6. The third-order valence-corrected chi connectivity index (χ3v) is 24.0. The van der Waals surface area contributed by atoms with Crippen LogP contribution in [-0.2, 0) is 34.6 Å². The number of hydrogen-bond acceptors (Lipinski definition) is 4. The van der Waals surface area contributed by atoms with E-state index >= 15 is 0 Å². The standard InChI is InChI=1S/C29H36N3.C28H34N3.C24H26N3.C23H24N3.2CH4/c1-17(2)23-11-10-12-24(18(3)4)28(23)32-22(8)30-29-27(32)14-13-26(31(29)9)25-16-19(5)15-20(6)21(25)7;1-17(2)22-10-9-11-23(18(3)4)27(22)31-16-29-28-26(31)13-12-25(30(28)8)24-15-19(5)14-20(6)21(24)7;1-6-23-25-24-22(27(23)19-10-8-7-9-11-19)13-12-21(26(24)5)20-15-16(2)14-17(3)18(20)4;1-15-13-16(2)17(3)20(14-15)21-11-12-22-23(25(21)5)24-18(4)26(22)19-9-7-6-8-10-19;;/h10-18H,1-9H3;9-18H,1-8H3;7-15H,6H2,1-5H3;6-14H,1-5H3;2*1H4/q4*+1;;. The summed E-state index contributed by atoms with van der Waals surface area (Å²) in [5.41, 5.74) is 44.6. The number of imidazole rings is 4. The van der Waals surface area contributed by atoms with Crippen LogP contribution < -0.4 is 18.3 Å². The summed E-state index contributed by atoms with van der Waals surface area (Å²) in [6, 6.07) is 70.3. The van der Waals surface area contributed by atoms with Gasteiger partial charge in [0.2, 0.25) is 23.8 Å². The van der Waals surface area contributed by atoms with Gasteiger partial charge < -0.3 is 0 Å². The minimum atomic E-state index is 0. The fraction of sp³-hybridized carbons (Fsp3) is 0.321. The molecule has 0 saturated heterocycles. The minimum Gasteiger partial charge on any atom is -0.272 e. The van der Waals surface area contributed by atoms with E-state index in [2.05, 4.69) is 412 Å². The Morgan fingerprint density at radius 2 is 0.602 bits per heavy atom. The summed E-state index contributed by atoms with van der Waals surface area (Å²) in [6.07, 6.45) is 2.89. The third kappa shape index (κ3) is 16.5. The Kier molecular flexibility index (Phi) is 26.3. The molecule has 8 heterocycles. The van der Waals surface area contributed by atoms with Gasteiger partial charge in [0.05, 0.1) is 39.6 Å². The van der Waals surface area contributed by atoms with E-state index in [1.165, 1.54) is 145 Å². The molecule has 0 radical (unpaired) electrons. The van der Waals surface area contributed by atoms with Crippen molar-refractivity contribution < 1.29 is 18.3 Å². The minimum absolute atomic E-state index is 0. The second-order valence-electron chi connectivity index (χ2n) is 33.6. The smallest absolute Gasteiger partial charge is 0.272 e. The quantitative estimate of drug-likeness (QED) is 0.108. The summed E-state index contributed by atoms with van der Waals surface area (Å²) in [5.74, 6) is 4.87. The molecule has 608 valence electrons. The first-order chi connectivity index (χ1) is 55.3. The molecule has 0 amide bonds. The van der Waals surface area contributed by atoms with Crippen molar-refractivity contribution in [3.8, 4) is 67.8 Å². The molecule has 0 aliphatic rings. The lowest BCUT2D eigenvalue weighted by Crippen LogP contribution is -2.32. The summed E-state index contributed by atoms with van der Waals surface area (Å²) in [5, 5.41) is 0. The van der Waals surface area contributed by atoms with Crippen LogP contribution in [0.4, 0.5) is 0 Å². The fourth-order valence-corrected chi connectivity index (χ4v) is 17.4.